The van der Waals surface area contributed by atoms with Crippen molar-refractivity contribution in [3.63, 3.8) is 0 Å². The van der Waals surface area contributed by atoms with Gasteiger partial charge < -0.3 is 31.1 Å². The number of ether oxygens (including phenoxy) is 1. The molecule has 210 valence electrons. The molecule has 0 saturated heterocycles. The van der Waals surface area contributed by atoms with Crippen molar-refractivity contribution in [2.45, 2.75) is 89.4 Å². The molecule has 1 saturated carbocycles. The number of H-pyrrole nitrogens is 1. The van der Waals surface area contributed by atoms with Crippen molar-refractivity contribution >= 4 is 46.6 Å². The lowest BCUT2D eigenvalue weighted by molar-refractivity contribution is -0.154. The van der Waals surface area contributed by atoms with Crippen LogP contribution in [0.2, 0.25) is 0 Å². The number of rotatable bonds is 13. The zero-order valence-electron chi connectivity index (χ0n) is 22.4. The van der Waals surface area contributed by atoms with Gasteiger partial charge in [-0.05, 0) is 50.7 Å². The Hall–Kier alpha value is -4.02. The summed E-state index contributed by atoms with van der Waals surface area (Å²) in [6.07, 6.45) is 6.82. The highest BCUT2D eigenvalue weighted by Gasteiger charge is 2.30. The number of hydrogen-bond acceptors (Lipinski definition) is 7. The first-order chi connectivity index (χ1) is 18.7. The molecule has 1 aromatic heterocycles. The smallest absolute Gasteiger partial charge is 0.328 e. The van der Waals surface area contributed by atoms with E-state index in [0.29, 0.717) is 6.21 Å². The predicted octanol–water partition coefficient (Wildman–Crippen LogP) is 2.08. The molecule has 3 atom stereocenters. The number of esters is 1. The molecule has 1 aliphatic rings. The molecule has 3 rings (SSSR count). The number of ketones is 1. The zero-order chi connectivity index (χ0) is 28.4. The molecule has 0 radical (unpaired) electrons. The molecule has 0 spiro atoms. The molecular weight excluding hydrogens is 502 g/mol. The molecule has 1 fully saturated rings. The molecule has 0 unspecified atom stereocenters. The predicted molar refractivity (Wildman–Crippen MR) is 145 cm³/mol. The lowest BCUT2D eigenvalue weighted by Crippen LogP contribution is -2.56. The Morgan fingerprint density at radius 2 is 1.72 bits per heavy atom. The summed E-state index contributed by atoms with van der Waals surface area (Å²) in [5.41, 5.74) is 1.68. The van der Waals surface area contributed by atoms with Gasteiger partial charge in [-0.3, -0.25) is 19.2 Å². The molecule has 1 aliphatic carbocycles. The Balaban J connectivity index is 1.70. The summed E-state index contributed by atoms with van der Waals surface area (Å²) >= 11 is 0. The van der Waals surface area contributed by atoms with E-state index in [4.69, 9.17) is 10.1 Å². The second-order valence-electron chi connectivity index (χ2n) is 9.95. The Kier molecular flexibility index (Phi) is 10.8. The number of benzene rings is 1. The van der Waals surface area contributed by atoms with E-state index < -0.39 is 47.6 Å². The van der Waals surface area contributed by atoms with E-state index in [-0.39, 0.29) is 25.4 Å². The molecule has 0 bridgehead atoms. The van der Waals surface area contributed by atoms with Gasteiger partial charge >= 0.3 is 5.97 Å². The monoisotopic (exact) mass is 539 g/mol. The SMILES string of the molecule is CC(=O)N[C@@H](Cc1c[nH]c2ccccc12)C(=O)N[C@@H](CCC(=O)C=N)C(=O)N[C@@H](C)C(=O)OC1CCCCC1. The molecule has 1 heterocycles. The van der Waals surface area contributed by atoms with Crippen LogP contribution in [0.1, 0.15) is 64.4 Å². The minimum Gasteiger partial charge on any atom is -0.461 e. The van der Waals surface area contributed by atoms with E-state index >= 15 is 0 Å². The zero-order valence-corrected chi connectivity index (χ0v) is 22.4. The Morgan fingerprint density at radius 1 is 1.03 bits per heavy atom. The lowest BCUT2D eigenvalue weighted by atomic mass is 9.98. The van der Waals surface area contributed by atoms with E-state index in [1.807, 2.05) is 24.3 Å². The lowest BCUT2D eigenvalue weighted by Gasteiger charge is -2.26. The first-order valence-corrected chi connectivity index (χ1v) is 13.3. The van der Waals surface area contributed by atoms with Gasteiger partial charge in [-0.25, -0.2) is 4.79 Å². The first-order valence-electron chi connectivity index (χ1n) is 13.3. The number of aromatic amines is 1. The van der Waals surface area contributed by atoms with Gasteiger partial charge in [0.2, 0.25) is 17.7 Å². The maximum absolute atomic E-state index is 13.3. The van der Waals surface area contributed by atoms with Crippen LogP contribution in [0.15, 0.2) is 30.5 Å². The highest BCUT2D eigenvalue weighted by Crippen LogP contribution is 2.21. The van der Waals surface area contributed by atoms with Crippen molar-refractivity contribution in [3.8, 4) is 0 Å². The van der Waals surface area contributed by atoms with Crippen molar-refractivity contribution in [3.05, 3.63) is 36.0 Å². The van der Waals surface area contributed by atoms with Gasteiger partial charge in [0.1, 0.15) is 24.2 Å². The van der Waals surface area contributed by atoms with Gasteiger partial charge in [0.15, 0.2) is 5.78 Å². The van der Waals surface area contributed by atoms with Crippen LogP contribution < -0.4 is 16.0 Å². The van der Waals surface area contributed by atoms with Gasteiger partial charge in [0, 0.05) is 36.9 Å². The minimum atomic E-state index is -1.18. The van der Waals surface area contributed by atoms with E-state index in [0.717, 1.165) is 48.6 Å². The van der Waals surface area contributed by atoms with Crippen LogP contribution in [0.25, 0.3) is 10.9 Å². The van der Waals surface area contributed by atoms with E-state index in [2.05, 4.69) is 20.9 Å². The molecular formula is C28H37N5O6. The second kappa shape index (κ2) is 14.2. The van der Waals surface area contributed by atoms with Crippen LogP contribution in [0.4, 0.5) is 0 Å². The number of hydrogen-bond donors (Lipinski definition) is 5. The highest BCUT2D eigenvalue weighted by atomic mass is 16.5. The average molecular weight is 540 g/mol. The number of carbonyl (C=O) groups is 5. The van der Waals surface area contributed by atoms with Crippen LogP contribution in [0.5, 0.6) is 0 Å². The quantitative estimate of drug-likeness (QED) is 0.193. The summed E-state index contributed by atoms with van der Waals surface area (Å²) in [7, 11) is 0. The number of fused-ring (bicyclic) bond motifs is 1. The maximum Gasteiger partial charge on any atom is 0.328 e. The fourth-order valence-corrected chi connectivity index (χ4v) is 4.70. The standard InChI is InChI=1S/C28H37N5O6/c1-17(28(38)39-21-8-4-3-5-9-21)31-26(36)24(13-12-20(35)15-29)33-27(37)25(32-18(2)34)14-19-16-30-23-11-7-6-10-22(19)23/h6-7,10-11,15-17,21,24-25,29-30H,3-5,8-9,12-14H2,1-2H3,(H,31,36)(H,32,34)(H,33,37)/t17-,24-,25-/m0/s1. The Bertz CT molecular complexity index is 1200. The molecule has 2 aromatic rings. The van der Waals surface area contributed by atoms with Crippen LogP contribution in [0, 0.1) is 5.41 Å². The third-order valence-corrected chi connectivity index (χ3v) is 6.81. The fraction of sp³-hybridized carbons (Fsp3) is 0.500. The summed E-state index contributed by atoms with van der Waals surface area (Å²) in [5.74, 6) is -2.78. The number of carbonyl (C=O) groups excluding carboxylic acids is 5. The molecule has 5 N–H and O–H groups in total. The van der Waals surface area contributed by atoms with Crippen molar-refractivity contribution < 1.29 is 28.7 Å². The third kappa shape index (κ3) is 8.76. The van der Waals surface area contributed by atoms with Gasteiger partial charge in [-0.15, -0.1) is 0 Å². The summed E-state index contributed by atoms with van der Waals surface area (Å²) in [6, 6.07) is 4.41. The maximum atomic E-state index is 13.3. The van der Waals surface area contributed by atoms with Gasteiger partial charge in [0.05, 0.1) is 6.21 Å². The van der Waals surface area contributed by atoms with Gasteiger partial charge in [-0.1, -0.05) is 24.6 Å². The van der Waals surface area contributed by atoms with Crippen molar-refractivity contribution in [1.29, 1.82) is 5.41 Å². The van der Waals surface area contributed by atoms with Crippen LogP contribution in [-0.4, -0.2) is 64.9 Å². The molecule has 11 heteroatoms. The molecule has 11 nitrogen and oxygen atoms in total. The Labute approximate surface area is 227 Å². The van der Waals surface area contributed by atoms with E-state index in [9.17, 15) is 24.0 Å². The summed E-state index contributed by atoms with van der Waals surface area (Å²) in [4.78, 5) is 65.8. The van der Waals surface area contributed by atoms with Crippen molar-refractivity contribution in [1.82, 2.24) is 20.9 Å². The summed E-state index contributed by atoms with van der Waals surface area (Å²) < 4.78 is 5.53. The molecule has 1 aromatic carbocycles. The summed E-state index contributed by atoms with van der Waals surface area (Å²) in [5, 5.41) is 15.9. The molecule has 39 heavy (non-hydrogen) atoms. The largest absolute Gasteiger partial charge is 0.461 e. The number of Topliss-reactive ketones (excluding diaryl/α,β-unsaturated/α-hetero) is 1. The van der Waals surface area contributed by atoms with Crippen LogP contribution >= 0.6 is 0 Å². The van der Waals surface area contributed by atoms with Crippen molar-refractivity contribution in [2.75, 3.05) is 0 Å². The van der Waals surface area contributed by atoms with Crippen LogP contribution in [0.3, 0.4) is 0 Å². The first kappa shape index (κ1) is 29.5. The molecule has 0 aliphatic heterocycles. The number of amides is 3. The third-order valence-electron chi connectivity index (χ3n) is 6.81. The minimum absolute atomic E-state index is 0.0872. The average Bonchev–Trinajstić information content (AvgIpc) is 3.33. The number of nitrogens with one attached hydrogen (secondary N) is 5. The second-order valence-corrected chi connectivity index (χ2v) is 9.95. The fourth-order valence-electron chi connectivity index (χ4n) is 4.70. The van der Waals surface area contributed by atoms with Crippen LogP contribution in [-0.2, 0) is 35.1 Å². The van der Waals surface area contributed by atoms with E-state index in [1.54, 1.807) is 6.20 Å². The summed E-state index contributed by atoms with van der Waals surface area (Å²) in [6.45, 7) is 2.80. The number of para-hydroxylation sites is 1. The van der Waals surface area contributed by atoms with Gasteiger partial charge in [0.25, 0.3) is 0 Å². The highest BCUT2D eigenvalue weighted by molar-refractivity contribution is 6.26. The van der Waals surface area contributed by atoms with Crippen molar-refractivity contribution in [2.24, 2.45) is 0 Å². The van der Waals surface area contributed by atoms with Gasteiger partial charge in [-0.2, -0.15) is 0 Å². The topological polar surface area (TPSA) is 170 Å². The molecule has 3 amide bonds. The Morgan fingerprint density at radius 3 is 2.41 bits per heavy atom. The normalized spacial score (nSPS) is 15.9. The van der Waals surface area contributed by atoms with E-state index in [1.165, 1.54) is 13.8 Å². The number of aromatic nitrogens is 1.